The summed E-state index contributed by atoms with van der Waals surface area (Å²) in [6.07, 6.45) is 0. The van der Waals surface area contributed by atoms with Crippen LogP contribution >= 0.6 is 0 Å². The van der Waals surface area contributed by atoms with Gasteiger partial charge in [0, 0.05) is 19.9 Å². The first-order chi connectivity index (χ1) is 13.5. The van der Waals surface area contributed by atoms with E-state index in [1.165, 1.54) is 7.11 Å². The lowest BCUT2D eigenvalue weighted by Gasteiger charge is -2.11. The van der Waals surface area contributed by atoms with E-state index in [9.17, 15) is 9.59 Å². The number of ether oxygens (including phenoxy) is 4. The van der Waals surface area contributed by atoms with Gasteiger partial charge in [-0.1, -0.05) is 30.3 Å². The third-order valence-corrected chi connectivity index (χ3v) is 3.81. The van der Waals surface area contributed by atoms with Crippen LogP contribution in [0, 0.1) is 6.92 Å². The molecule has 0 saturated heterocycles. The Labute approximate surface area is 166 Å². The third kappa shape index (κ3) is 5.60. The summed E-state index contributed by atoms with van der Waals surface area (Å²) in [6, 6.07) is 9.72. The van der Waals surface area contributed by atoms with Crippen molar-refractivity contribution in [2.24, 2.45) is 0 Å². The van der Waals surface area contributed by atoms with Crippen LogP contribution in [0.5, 0.6) is 5.88 Å². The molecule has 1 aromatic heterocycles. The van der Waals surface area contributed by atoms with E-state index in [1.807, 2.05) is 30.3 Å². The number of nitrogens with zero attached hydrogens (tertiary/aromatic N) is 1. The van der Waals surface area contributed by atoms with Crippen LogP contribution in [0.4, 0.5) is 0 Å². The van der Waals surface area contributed by atoms with Gasteiger partial charge in [-0.05, 0) is 26.3 Å². The molecule has 0 fully saturated rings. The Morgan fingerprint density at radius 3 is 1.86 bits per heavy atom. The summed E-state index contributed by atoms with van der Waals surface area (Å²) < 4.78 is 21.7. The predicted molar refractivity (Wildman–Crippen MR) is 106 cm³/mol. The van der Waals surface area contributed by atoms with Gasteiger partial charge in [0.2, 0.25) is 5.88 Å². The fourth-order valence-electron chi connectivity index (χ4n) is 2.72. The van der Waals surface area contributed by atoms with Crippen LogP contribution in [0.1, 0.15) is 45.8 Å². The van der Waals surface area contributed by atoms with Crippen molar-refractivity contribution in [1.29, 1.82) is 0 Å². The second-order valence-electron chi connectivity index (χ2n) is 5.77. The summed E-state index contributed by atoms with van der Waals surface area (Å²) in [5, 5.41) is 0. The van der Waals surface area contributed by atoms with E-state index in [0.29, 0.717) is 18.1 Å². The number of esters is 2. The van der Waals surface area contributed by atoms with Crippen LogP contribution in [0.3, 0.4) is 0 Å². The minimum Gasteiger partial charge on any atom is -0.482 e. The zero-order chi connectivity index (χ0) is 21.1. The molecule has 1 aromatic carbocycles. The van der Waals surface area contributed by atoms with Gasteiger partial charge in [-0.25, -0.2) is 9.59 Å². The maximum absolute atomic E-state index is 12.4. The highest BCUT2D eigenvalue weighted by atomic mass is 16.5. The van der Waals surface area contributed by atoms with Gasteiger partial charge >= 0.3 is 11.9 Å². The topological polar surface area (TPSA) is 76.0 Å². The number of hydrogen-bond acceptors (Lipinski definition) is 6. The fraction of sp³-hybridized carbons (Fsp3) is 0.429. The molecule has 0 spiro atoms. The Hall–Kier alpha value is -2.80. The zero-order valence-corrected chi connectivity index (χ0v) is 17.4. The van der Waals surface area contributed by atoms with Crippen LogP contribution in [0.2, 0.25) is 0 Å². The Morgan fingerprint density at radius 2 is 1.39 bits per heavy atom. The molecule has 0 amide bonds. The number of hydrogen-bond donors (Lipinski definition) is 0. The van der Waals surface area contributed by atoms with Crippen molar-refractivity contribution in [1.82, 2.24) is 4.57 Å². The van der Waals surface area contributed by atoms with Crippen LogP contribution in [-0.4, -0.2) is 51.0 Å². The normalized spacial score (nSPS) is 9.93. The van der Waals surface area contributed by atoms with Crippen LogP contribution < -0.4 is 4.74 Å². The average molecular weight is 391 g/mol. The largest absolute Gasteiger partial charge is 0.482 e. The van der Waals surface area contributed by atoms with E-state index in [2.05, 4.69) is 4.74 Å². The van der Waals surface area contributed by atoms with E-state index in [-0.39, 0.29) is 24.3 Å². The monoisotopic (exact) mass is 391 g/mol. The lowest BCUT2D eigenvalue weighted by Crippen LogP contribution is -2.13. The highest BCUT2D eigenvalue weighted by molar-refractivity contribution is 6.06. The van der Waals surface area contributed by atoms with Gasteiger partial charge in [-0.3, -0.25) is 0 Å². The quantitative estimate of drug-likeness (QED) is 0.673. The summed E-state index contributed by atoms with van der Waals surface area (Å²) >= 11 is 0. The van der Waals surface area contributed by atoms with Gasteiger partial charge in [0.25, 0.3) is 0 Å². The van der Waals surface area contributed by atoms with Crippen LogP contribution in [-0.2, 0) is 20.8 Å². The minimum atomic E-state index is -0.600. The molecule has 154 valence electrons. The number of methoxy groups -OCH3 is 2. The first-order valence-corrected chi connectivity index (χ1v) is 9.01. The van der Waals surface area contributed by atoms with Crippen molar-refractivity contribution in [2.75, 3.05) is 34.5 Å². The molecule has 2 aromatic rings. The zero-order valence-electron chi connectivity index (χ0n) is 17.4. The van der Waals surface area contributed by atoms with Gasteiger partial charge in [-0.15, -0.1) is 0 Å². The van der Waals surface area contributed by atoms with E-state index in [0.717, 1.165) is 5.56 Å². The second kappa shape index (κ2) is 11.8. The molecule has 7 nitrogen and oxygen atoms in total. The molecular formula is C21H29NO6. The molecule has 7 heteroatoms. The van der Waals surface area contributed by atoms with Crippen molar-refractivity contribution in [2.45, 2.75) is 27.3 Å². The van der Waals surface area contributed by atoms with E-state index in [4.69, 9.17) is 14.2 Å². The average Bonchev–Trinajstić information content (AvgIpc) is 2.95. The predicted octanol–water partition coefficient (Wildman–Crippen LogP) is 3.47. The number of carbonyl (C=O) groups excluding carboxylic acids is 2. The van der Waals surface area contributed by atoms with Crippen molar-refractivity contribution < 1.29 is 28.5 Å². The first kappa shape index (κ1) is 23.2. The maximum Gasteiger partial charge on any atom is 0.344 e. The standard InChI is InChI=1S/C19H23NO5.C2H6O/c1-5-24-18(21)15-13(3)20(12-14-10-8-7-9-11-14)17(23-4)16(15)19(22)25-6-2;1-3-2/h7-11H,5-6,12H2,1-4H3;1-2H3. The summed E-state index contributed by atoms with van der Waals surface area (Å²) in [5.41, 5.74) is 1.91. The van der Waals surface area contributed by atoms with Crippen LogP contribution in [0.25, 0.3) is 0 Å². The molecule has 0 saturated carbocycles. The van der Waals surface area contributed by atoms with E-state index in [1.54, 1.807) is 39.6 Å². The number of benzene rings is 1. The Bertz CT molecular complexity index is 767. The first-order valence-electron chi connectivity index (χ1n) is 9.01. The molecular weight excluding hydrogens is 362 g/mol. The van der Waals surface area contributed by atoms with Crippen molar-refractivity contribution >= 4 is 11.9 Å². The molecule has 0 N–H and O–H groups in total. The van der Waals surface area contributed by atoms with Gasteiger partial charge in [0.15, 0.2) is 0 Å². The second-order valence-corrected chi connectivity index (χ2v) is 5.77. The molecule has 0 unspecified atom stereocenters. The molecule has 0 aliphatic heterocycles. The molecule has 1 heterocycles. The highest BCUT2D eigenvalue weighted by Gasteiger charge is 2.32. The molecule has 28 heavy (non-hydrogen) atoms. The summed E-state index contributed by atoms with van der Waals surface area (Å²) in [6.45, 7) is 6.07. The summed E-state index contributed by atoms with van der Waals surface area (Å²) in [7, 11) is 4.72. The Morgan fingerprint density at radius 1 is 0.893 bits per heavy atom. The maximum atomic E-state index is 12.4. The third-order valence-electron chi connectivity index (χ3n) is 3.81. The summed E-state index contributed by atoms with van der Waals surface area (Å²) in [4.78, 5) is 24.9. The Kier molecular flexibility index (Phi) is 9.81. The van der Waals surface area contributed by atoms with Crippen LogP contribution in [0.15, 0.2) is 30.3 Å². The number of rotatable bonds is 7. The SMILES string of the molecule is CCOC(=O)c1c(C(=O)OCC)c(OC)n(Cc2ccccc2)c1C.COC. The molecule has 0 atom stereocenters. The Balaban J connectivity index is 0.00000122. The van der Waals surface area contributed by atoms with Gasteiger partial charge in [-0.2, -0.15) is 0 Å². The molecule has 0 radical (unpaired) electrons. The fourth-order valence-corrected chi connectivity index (χ4v) is 2.72. The van der Waals surface area contributed by atoms with E-state index >= 15 is 0 Å². The smallest absolute Gasteiger partial charge is 0.344 e. The van der Waals surface area contributed by atoms with Crippen molar-refractivity contribution in [3.8, 4) is 5.88 Å². The summed E-state index contributed by atoms with van der Waals surface area (Å²) in [5.74, 6) is -0.867. The molecule has 0 bridgehead atoms. The number of carbonyl (C=O) groups is 2. The van der Waals surface area contributed by atoms with Gasteiger partial charge in [0.1, 0.15) is 5.56 Å². The number of aromatic nitrogens is 1. The van der Waals surface area contributed by atoms with Gasteiger partial charge in [0.05, 0.1) is 32.4 Å². The van der Waals surface area contributed by atoms with Crippen molar-refractivity contribution in [3.63, 3.8) is 0 Å². The van der Waals surface area contributed by atoms with Crippen molar-refractivity contribution in [3.05, 3.63) is 52.7 Å². The highest BCUT2D eigenvalue weighted by Crippen LogP contribution is 2.31. The molecule has 2 rings (SSSR count). The van der Waals surface area contributed by atoms with Gasteiger partial charge < -0.3 is 23.5 Å². The molecule has 0 aliphatic carbocycles. The molecule has 0 aliphatic rings. The minimum absolute atomic E-state index is 0.108. The lowest BCUT2D eigenvalue weighted by molar-refractivity contribution is 0.0477. The van der Waals surface area contributed by atoms with E-state index < -0.39 is 11.9 Å². The lowest BCUT2D eigenvalue weighted by atomic mass is 10.1.